The number of anilines is 1. The van der Waals surface area contributed by atoms with Crippen LogP contribution in [0.5, 0.6) is 0 Å². The highest BCUT2D eigenvalue weighted by molar-refractivity contribution is 9.10. The Labute approximate surface area is 152 Å². The van der Waals surface area contributed by atoms with E-state index >= 15 is 0 Å². The molecule has 3 aromatic rings. The molecular weight excluding hydrogens is 412 g/mol. The lowest BCUT2D eigenvalue weighted by molar-refractivity contribution is 0.427. The molecule has 0 saturated carbocycles. The van der Waals surface area contributed by atoms with Gasteiger partial charge in [-0.1, -0.05) is 21.1 Å². The molecule has 0 aliphatic heterocycles. The molecule has 0 aliphatic rings. The van der Waals surface area contributed by atoms with Crippen LogP contribution in [0.3, 0.4) is 0 Å². The van der Waals surface area contributed by atoms with Gasteiger partial charge in [0.05, 0.1) is 10.6 Å². The number of aryl methyl sites for hydroxylation is 2. The molecule has 24 heavy (non-hydrogen) atoms. The second kappa shape index (κ2) is 6.34. The van der Waals surface area contributed by atoms with Gasteiger partial charge in [0, 0.05) is 15.7 Å². The number of benzene rings is 1. The minimum absolute atomic E-state index is 0.228. The molecule has 0 saturated heterocycles. The number of hydrogen-bond acceptors (Lipinski definition) is 5. The number of nitrogens with zero attached hydrogens (tertiary/aromatic N) is 1. The van der Waals surface area contributed by atoms with Gasteiger partial charge in [-0.2, -0.15) is 0 Å². The van der Waals surface area contributed by atoms with Gasteiger partial charge in [0.2, 0.25) is 0 Å². The summed E-state index contributed by atoms with van der Waals surface area (Å²) >= 11 is 4.55. The predicted octanol–water partition coefficient (Wildman–Crippen LogP) is 4.89. The van der Waals surface area contributed by atoms with Crippen molar-refractivity contribution in [2.45, 2.75) is 25.0 Å². The fourth-order valence-electron chi connectivity index (χ4n) is 2.15. The maximum absolute atomic E-state index is 12.6. The van der Waals surface area contributed by atoms with Crippen molar-refractivity contribution in [1.29, 1.82) is 0 Å². The van der Waals surface area contributed by atoms with Gasteiger partial charge in [-0.25, -0.2) is 8.42 Å². The fraction of sp³-hybridized carbons (Fsp3) is 0.188. The van der Waals surface area contributed by atoms with Crippen LogP contribution >= 0.6 is 27.3 Å². The van der Waals surface area contributed by atoms with Gasteiger partial charge < -0.3 is 4.52 Å². The van der Waals surface area contributed by atoms with Gasteiger partial charge in [0.1, 0.15) is 4.21 Å². The van der Waals surface area contributed by atoms with Crippen molar-refractivity contribution in [3.05, 3.63) is 51.6 Å². The van der Waals surface area contributed by atoms with Crippen LogP contribution in [0.2, 0.25) is 0 Å². The minimum Gasteiger partial charge on any atom is -0.355 e. The largest absolute Gasteiger partial charge is 0.355 e. The van der Waals surface area contributed by atoms with E-state index in [4.69, 9.17) is 4.52 Å². The molecule has 0 fully saturated rings. The van der Waals surface area contributed by atoms with Gasteiger partial charge in [-0.05, 0) is 56.7 Å². The van der Waals surface area contributed by atoms with E-state index in [1.54, 1.807) is 24.3 Å². The highest BCUT2D eigenvalue weighted by Gasteiger charge is 2.20. The van der Waals surface area contributed by atoms with Crippen LogP contribution in [0.4, 0.5) is 5.69 Å². The summed E-state index contributed by atoms with van der Waals surface area (Å²) < 4.78 is 34.2. The first-order valence-electron chi connectivity index (χ1n) is 7.10. The molecule has 0 aliphatic carbocycles. The summed E-state index contributed by atoms with van der Waals surface area (Å²) in [6.07, 6.45) is 0. The van der Waals surface area contributed by atoms with Crippen LogP contribution in [0.15, 0.2) is 43.5 Å². The number of aromatic nitrogens is 1. The smallest absolute Gasteiger partial charge is 0.271 e. The molecule has 2 aromatic heterocycles. The minimum atomic E-state index is -3.65. The van der Waals surface area contributed by atoms with E-state index in [9.17, 15) is 8.42 Å². The van der Waals surface area contributed by atoms with Crippen LogP contribution < -0.4 is 4.72 Å². The maximum Gasteiger partial charge on any atom is 0.271 e. The topological polar surface area (TPSA) is 72.2 Å². The summed E-state index contributed by atoms with van der Waals surface area (Å²) in [7, 11) is -3.65. The quantitative estimate of drug-likeness (QED) is 0.644. The summed E-state index contributed by atoms with van der Waals surface area (Å²) in [5.41, 5.74) is 3.19. The molecule has 0 unspecified atom stereocenters. The Bertz CT molecular complexity index is 1010. The fourth-order valence-corrected chi connectivity index (χ4v) is 4.78. The highest BCUT2D eigenvalue weighted by atomic mass is 79.9. The molecule has 1 N–H and O–H groups in total. The molecule has 5 nitrogen and oxygen atoms in total. The van der Waals surface area contributed by atoms with Crippen molar-refractivity contribution in [3.8, 4) is 10.6 Å². The highest BCUT2D eigenvalue weighted by Crippen LogP contribution is 2.34. The van der Waals surface area contributed by atoms with E-state index in [0.29, 0.717) is 11.4 Å². The van der Waals surface area contributed by atoms with Gasteiger partial charge in [-0.15, -0.1) is 11.3 Å². The number of halogens is 1. The number of rotatable bonds is 4. The molecule has 2 heterocycles. The standard InChI is InChI=1S/C16H15BrN2O3S2/c1-9-8-12(4-5-13(9)17)19-24(20,21)15-7-6-14(23-15)16-10(2)11(3)18-22-16/h4-8,19H,1-3H3. The molecule has 0 amide bonds. The van der Waals surface area contributed by atoms with Crippen LogP contribution in [-0.4, -0.2) is 13.6 Å². The average molecular weight is 427 g/mol. The molecule has 1 aromatic carbocycles. The van der Waals surface area contributed by atoms with E-state index < -0.39 is 10.0 Å². The summed E-state index contributed by atoms with van der Waals surface area (Å²) in [4.78, 5) is 0.737. The molecule has 3 rings (SSSR count). The SMILES string of the molecule is Cc1cc(NS(=O)(=O)c2ccc(-c3onc(C)c3C)s2)ccc1Br. The lowest BCUT2D eigenvalue weighted by atomic mass is 10.2. The van der Waals surface area contributed by atoms with Crippen molar-refractivity contribution in [3.63, 3.8) is 0 Å². The van der Waals surface area contributed by atoms with E-state index in [0.717, 1.165) is 37.5 Å². The lowest BCUT2D eigenvalue weighted by Gasteiger charge is -2.07. The first kappa shape index (κ1) is 17.2. The lowest BCUT2D eigenvalue weighted by Crippen LogP contribution is -2.11. The first-order valence-corrected chi connectivity index (χ1v) is 10.2. The Morgan fingerprint density at radius 1 is 1.17 bits per heavy atom. The molecule has 0 bridgehead atoms. The molecular formula is C16H15BrN2O3S2. The number of thiophene rings is 1. The Hall–Kier alpha value is -1.64. The zero-order valence-corrected chi connectivity index (χ0v) is 16.5. The zero-order valence-electron chi connectivity index (χ0n) is 13.3. The van der Waals surface area contributed by atoms with Gasteiger partial charge in [0.25, 0.3) is 10.0 Å². The molecule has 8 heteroatoms. The van der Waals surface area contributed by atoms with E-state index in [-0.39, 0.29) is 4.21 Å². The molecule has 0 spiro atoms. The van der Waals surface area contributed by atoms with Crippen molar-refractivity contribution in [2.75, 3.05) is 4.72 Å². The molecule has 0 atom stereocenters. The Morgan fingerprint density at radius 3 is 2.54 bits per heavy atom. The van der Waals surface area contributed by atoms with Gasteiger partial charge in [0.15, 0.2) is 5.76 Å². The number of nitrogens with one attached hydrogen (secondary N) is 1. The summed E-state index contributed by atoms with van der Waals surface area (Å²) in [6, 6.07) is 8.62. The Balaban J connectivity index is 1.90. The number of hydrogen-bond donors (Lipinski definition) is 1. The van der Waals surface area contributed by atoms with E-state index in [1.165, 1.54) is 0 Å². The summed E-state index contributed by atoms with van der Waals surface area (Å²) in [6.45, 7) is 5.66. The van der Waals surface area contributed by atoms with Crippen LogP contribution in [0.25, 0.3) is 10.6 Å². The number of sulfonamides is 1. The van der Waals surface area contributed by atoms with E-state index in [1.807, 2.05) is 26.8 Å². The second-order valence-electron chi connectivity index (χ2n) is 5.41. The van der Waals surface area contributed by atoms with Crippen molar-refractivity contribution < 1.29 is 12.9 Å². The van der Waals surface area contributed by atoms with Crippen LogP contribution in [-0.2, 0) is 10.0 Å². The normalized spacial score (nSPS) is 11.7. The molecule has 126 valence electrons. The van der Waals surface area contributed by atoms with Crippen molar-refractivity contribution in [1.82, 2.24) is 5.16 Å². The summed E-state index contributed by atoms with van der Waals surface area (Å²) in [5, 5.41) is 3.91. The second-order valence-corrected chi connectivity index (χ2v) is 9.26. The van der Waals surface area contributed by atoms with Crippen LogP contribution in [0, 0.1) is 20.8 Å². The van der Waals surface area contributed by atoms with Crippen molar-refractivity contribution >= 4 is 43.0 Å². The van der Waals surface area contributed by atoms with Crippen molar-refractivity contribution in [2.24, 2.45) is 0 Å². The Morgan fingerprint density at radius 2 is 1.92 bits per heavy atom. The zero-order chi connectivity index (χ0) is 17.5. The predicted molar refractivity (Wildman–Crippen MR) is 99.0 cm³/mol. The third-order valence-electron chi connectivity index (χ3n) is 3.64. The van der Waals surface area contributed by atoms with Gasteiger partial charge >= 0.3 is 0 Å². The summed E-state index contributed by atoms with van der Waals surface area (Å²) in [5.74, 6) is 0.610. The Kier molecular flexibility index (Phi) is 4.54. The van der Waals surface area contributed by atoms with Crippen LogP contribution in [0.1, 0.15) is 16.8 Å². The molecule has 0 radical (unpaired) electrons. The van der Waals surface area contributed by atoms with Gasteiger partial charge in [-0.3, -0.25) is 4.72 Å². The maximum atomic E-state index is 12.6. The third kappa shape index (κ3) is 3.26. The first-order chi connectivity index (χ1) is 11.3. The van der Waals surface area contributed by atoms with E-state index in [2.05, 4.69) is 25.8 Å². The average Bonchev–Trinajstić information content (AvgIpc) is 3.12. The monoisotopic (exact) mass is 426 g/mol. The third-order valence-corrected chi connectivity index (χ3v) is 7.48.